The van der Waals surface area contributed by atoms with Crippen LogP contribution >= 0.6 is 0 Å². The summed E-state index contributed by atoms with van der Waals surface area (Å²) in [5.41, 5.74) is -5.34. The van der Waals surface area contributed by atoms with Gasteiger partial charge in [0, 0.05) is 50.6 Å². The Hall–Kier alpha value is -6.20. The molecule has 0 fully saturated rings. The highest BCUT2D eigenvalue weighted by atomic mass is 32.2. The molecule has 3 aromatic carbocycles. The highest BCUT2D eigenvalue weighted by molar-refractivity contribution is 7.84. The number of hydrogen-bond acceptors (Lipinski definition) is 10. The van der Waals surface area contributed by atoms with Gasteiger partial charge in [-0.3, -0.25) is 9.96 Å². The molecule has 0 saturated heterocycles. The number of carbonyl (C=O) groups is 1. The first-order valence-electron chi connectivity index (χ1n) is 17.7. The zero-order valence-corrected chi connectivity index (χ0v) is 35.0. The van der Waals surface area contributed by atoms with Gasteiger partial charge in [0.05, 0.1) is 31.8 Å². The number of methoxy groups -OCH3 is 1. The molecule has 0 saturated carbocycles. The molecule has 3 aromatic rings. The van der Waals surface area contributed by atoms with Crippen molar-refractivity contribution >= 4 is 39.8 Å². The van der Waals surface area contributed by atoms with Crippen molar-refractivity contribution in [3.63, 3.8) is 0 Å². The van der Waals surface area contributed by atoms with Crippen LogP contribution < -0.4 is 4.74 Å². The molecule has 0 unspecified atom stereocenters. The van der Waals surface area contributed by atoms with Gasteiger partial charge in [-0.1, -0.05) is 48.5 Å². The molecule has 1 heterocycles. The summed E-state index contributed by atoms with van der Waals surface area (Å²) in [4.78, 5) is 44.3. The van der Waals surface area contributed by atoms with Crippen molar-refractivity contribution in [2.24, 2.45) is 0 Å². The monoisotopic (exact) mass is 864 g/mol. The minimum absolute atomic E-state index is 0.0121. The summed E-state index contributed by atoms with van der Waals surface area (Å²) >= 11 is 0. The second kappa shape index (κ2) is 19.2. The molecule has 4 rings (SSSR count). The molecule has 1 amide bonds. The predicted octanol–water partition coefficient (Wildman–Crippen LogP) is 6.76. The van der Waals surface area contributed by atoms with Gasteiger partial charge in [0.2, 0.25) is 5.82 Å². The van der Waals surface area contributed by atoms with Crippen molar-refractivity contribution in [1.29, 1.82) is 5.41 Å². The van der Waals surface area contributed by atoms with E-state index in [9.17, 15) is 40.5 Å². The number of alkyl halides is 3. The summed E-state index contributed by atoms with van der Waals surface area (Å²) in [7, 11) is 3.02. The van der Waals surface area contributed by atoms with Gasteiger partial charge in [0.15, 0.2) is 29.4 Å². The Morgan fingerprint density at radius 3 is 1.95 bits per heavy atom. The van der Waals surface area contributed by atoms with E-state index in [1.165, 1.54) is 82.2 Å². The van der Waals surface area contributed by atoms with E-state index in [1.807, 2.05) is 28.2 Å². The summed E-state index contributed by atoms with van der Waals surface area (Å²) < 4.78 is 120. The largest absolute Gasteiger partial charge is 0.494 e. The Morgan fingerprint density at radius 2 is 1.48 bits per heavy atom. The van der Waals surface area contributed by atoms with Crippen LogP contribution in [0.5, 0.6) is 5.75 Å². The molecule has 324 valence electrons. The lowest BCUT2D eigenvalue weighted by Gasteiger charge is -2.43. The maximum absolute atomic E-state index is 15.9. The SMILES string of the molecule is CN(C)C(=N)N(C)C.COc1cccc(C2=C(C)N(Cc3c(F)cccc3C(F)(F)F)C(=C=O)N(C[C@@H](c3ccccc3)N(C(=O)OC(C)(C)C)S(=O)(=O)O)C2=C=O)c1F. The van der Waals surface area contributed by atoms with E-state index in [0.29, 0.717) is 12.0 Å². The summed E-state index contributed by atoms with van der Waals surface area (Å²) in [6.07, 6.45) is -6.66. The molecule has 14 nitrogen and oxygen atoms in total. The number of benzene rings is 3. The summed E-state index contributed by atoms with van der Waals surface area (Å²) in [6, 6.07) is 11.2. The van der Waals surface area contributed by atoms with Crippen molar-refractivity contribution in [2.75, 3.05) is 41.8 Å². The molecular weight excluding hydrogens is 820 g/mol. The Labute approximate surface area is 344 Å². The lowest BCUT2D eigenvalue weighted by molar-refractivity contribution is -0.138. The quantitative estimate of drug-likeness (QED) is 0.0766. The first-order valence-corrected chi connectivity index (χ1v) is 19.1. The second-order valence-corrected chi connectivity index (χ2v) is 15.7. The molecule has 0 aromatic heterocycles. The lowest BCUT2D eigenvalue weighted by atomic mass is 9.95. The van der Waals surface area contributed by atoms with Crippen LogP contribution in [0.25, 0.3) is 5.57 Å². The number of hydrogen-bond donors (Lipinski definition) is 2. The van der Waals surface area contributed by atoms with E-state index < -0.39 is 81.6 Å². The first kappa shape index (κ1) is 48.2. The van der Waals surface area contributed by atoms with Gasteiger partial charge >= 0.3 is 22.6 Å². The number of allylic oxidation sites excluding steroid dienone is 2. The highest BCUT2D eigenvalue weighted by Crippen LogP contribution is 2.44. The van der Waals surface area contributed by atoms with E-state index in [2.05, 4.69) is 0 Å². The van der Waals surface area contributed by atoms with Crippen LogP contribution in [0.2, 0.25) is 0 Å². The standard InChI is InChI=1S/C35H32F5N3O8S.C5H13N3/c1-21-31(23-13-9-16-29(50-5)32(23)37)28(19-44)42(30(20-45)41(21)17-24-25(35(38,39)40)14-10-15-26(24)36)18-27(22-11-7-6-8-12-22)43(52(47,48)49)33(46)51-34(2,3)4;1-7(2)5(6)8(3)4/h6-16,27H,17-18H2,1-5H3,(H,47,48,49);6H,1-4H3/t27-;/m0./s1. The minimum Gasteiger partial charge on any atom is -0.494 e. The molecule has 0 aliphatic carbocycles. The fourth-order valence-corrected chi connectivity index (χ4v) is 6.75. The van der Waals surface area contributed by atoms with Crippen LogP contribution in [0.3, 0.4) is 0 Å². The van der Waals surface area contributed by atoms with Crippen molar-refractivity contribution < 1.29 is 58.8 Å². The number of carbonyl (C=O) groups excluding carboxylic acids is 3. The number of amides is 1. The molecule has 0 spiro atoms. The van der Waals surface area contributed by atoms with Crippen molar-refractivity contribution in [3.05, 3.63) is 118 Å². The van der Waals surface area contributed by atoms with Crippen LogP contribution in [0.1, 0.15) is 56.0 Å². The maximum Gasteiger partial charge on any atom is 0.426 e. The lowest BCUT2D eigenvalue weighted by Crippen LogP contribution is -2.48. The minimum atomic E-state index is -5.53. The van der Waals surface area contributed by atoms with Gasteiger partial charge in [0.25, 0.3) is 0 Å². The Bertz CT molecular complexity index is 2310. The molecule has 1 atom stereocenters. The topological polar surface area (TPSA) is 164 Å². The maximum atomic E-state index is 15.9. The normalized spacial score (nSPS) is 13.7. The molecule has 1 aliphatic rings. The third-order valence-corrected chi connectivity index (χ3v) is 9.56. The fraction of sp³-hybridized carbons (Fsp3) is 0.350. The van der Waals surface area contributed by atoms with Crippen molar-refractivity contribution in [3.8, 4) is 5.75 Å². The number of guanidine groups is 1. The molecule has 20 heteroatoms. The third kappa shape index (κ3) is 11.3. The molecule has 60 heavy (non-hydrogen) atoms. The van der Waals surface area contributed by atoms with E-state index in [1.54, 1.807) is 15.7 Å². The summed E-state index contributed by atoms with van der Waals surface area (Å²) in [5, 5.41) is 7.25. The van der Waals surface area contributed by atoms with E-state index in [-0.39, 0.29) is 32.5 Å². The van der Waals surface area contributed by atoms with Gasteiger partial charge < -0.3 is 29.1 Å². The summed E-state index contributed by atoms with van der Waals surface area (Å²) in [6.45, 7) is 3.46. The van der Waals surface area contributed by atoms with Crippen LogP contribution in [0.15, 0.2) is 83.9 Å². The first-order chi connectivity index (χ1) is 27.8. The predicted molar refractivity (Wildman–Crippen MR) is 212 cm³/mol. The van der Waals surface area contributed by atoms with Gasteiger partial charge in [-0.2, -0.15) is 25.9 Å². The smallest absolute Gasteiger partial charge is 0.426 e. The molecule has 2 N–H and O–H groups in total. The molecule has 0 bridgehead atoms. The number of ether oxygens (including phenoxy) is 2. The van der Waals surface area contributed by atoms with E-state index in [4.69, 9.17) is 14.9 Å². The van der Waals surface area contributed by atoms with Crippen molar-refractivity contribution in [2.45, 2.75) is 52.1 Å². The number of nitrogens with one attached hydrogen (secondary N) is 1. The van der Waals surface area contributed by atoms with E-state index >= 15 is 8.78 Å². The zero-order chi connectivity index (χ0) is 45.5. The van der Waals surface area contributed by atoms with Crippen LogP contribution in [-0.2, 0) is 37.4 Å². The number of halogens is 5. The van der Waals surface area contributed by atoms with Crippen LogP contribution in [0.4, 0.5) is 26.7 Å². The van der Waals surface area contributed by atoms with Gasteiger partial charge in [-0.15, -0.1) is 0 Å². The molecule has 1 aliphatic heterocycles. The zero-order valence-electron chi connectivity index (χ0n) is 34.2. The van der Waals surface area contributed by atoms with Crippen LogP contribution in [0, 0.1) is 17.0 Å². The highest BCUT2D eigenvalue weighted by Gasteiger charge is 2.44. The average molecular weight is 865 g/mol. The summed E-state index contributed by atoms with van der Waals surface area (Å²) in [5.74, 6) is 0.157. The van der Waals surface area contributed by atoms with Gasteiger partial charge in [-0.05, 0) is 51.5 Å². The Balaban J connectivity index is 0.00000109. The average Bonchev–Trinajstić information content (AvgIpc) is 3.14. The van der Waals surface area contributed by atoms with Crippen LogP contribution in [-0.4, -0.2) is 108 Å². The molecular formula is C40H45F5N6O8S. The number of nitrogens with zero attached hydrogens (tertiary/aromatic N) is 5. The van der Waals surface area contributed by atoms with Gasteiger partial charge in [0.1, 0.15) is 17.1 Å². The Kier molecular flexibility index (Phi) is 15.5. The fourth-order valence-electron chi connectivity index (χ4n) is 6.02. The second-order valence-electron chi connectivity index (χ2n) is 14.4. The molecule has 0 radical (unpaired) electrons. The van der Waals surface area contributed by atoms with Crippen molar-refractivity contribution in [1.82, 2.24) is 23.9 Å². The third-order valence-electron chi connectivity index (χ3n) is 8.66. The number of rotatable bonds is 9. The Morgan fingerprint density at radius 1 is 0.900 bits per heavy atom. The van der Waals surface area contributed by atoms with Gasteiger partial charge in [-0.25, -0.2) is 23.2 Å². The van der Waals surface area contributed by atoms with E-state index in [0.717, 1.165) is 29.0 Å².